The van der Waals surface area contributed by atoms with E-state index in [-0.39, 0.29) is 0 Å². The molecule has 2 N–H and O–H groups in total. The molecular formula is C40H42O2. The second-order valence-corrected chi connectivity index (χ2v) is 12.0. The van der Waals surface area contributed by atoms with Gasteiger partial charge in [-0.2, -0.15) is 0 Å². The van der Waals surface area contributed by atoms with Crippen LogP contribution >= 0.6 is 0 Å². The molecule has 0 radical (unpaired) electrons. The minimum atomic E-state index is 0.314. The topological polar surface area (TPSA) is 40.5 Å². The standard InChI is InChI=1S/C40H42O2/c1-27(33-17-21-39(41)22-18-33)25-31-5-9-35(10-6-31)29(3)37-13-15-38(16-14-37)30(4)36-11-7-32(8-12-36)26-28(2)34-19-23-40(42)24-20-34/h5-24,27-30,41-42H,25-26H2,1-4H3. The van der Waals surface area contributed by atoms with E-state index in [0.29, 0.717) is 35.2 Å². The zero-order valence-electron chi connectivity index (χ0n) is 25.2. The zero-order valence-corrected chi connectivity index (χ0v) is 25.2. The molecule has 214 valence electrons. The third-order valence-corrected chi connectivity index (χ3v) is 8.90. The molecule has 2 heteroatoms. The predicted octanol–water partition coefficient (Wildman–Crippen LogP) is 10.1. The summed E-state index contributed by atoms with van der Waals surface area (Å²) in [6, 6.07) is 42.3. The quantitative estimate of drug-likeness (QED) is 0.180. The molecule has 0 aliphatic heterocycles. The van der Waals surface area contributed by atoms with Gasteiger partial charge in [0.1, 0.15) is 11.5 Å². The van der Waals surface area contributed by atoms with Gasteiger partial charge in [0.2, 0.25) is 0 Å². The fourth-order valence-electron chi connectivity index (χ4n) is 5.89. The summed E-state index contributed by atoms with van der Waals surface area (Å²) < 4.78 is 0. The fourth-order valence-corrected chi connectivity index (χ4v) is 5.89. The highest BCUT2D eigenvalue weighted by Gasteiger charge is 2.14. The minimum absolute atomic E-state index is 0.314. The Morgan fingerprint density at radius 1 is 0.357 bits per heavy atom. The van der Waals surface area contributed by atoms with Crippen LogP contribution in [0, 0.1) is 0 Å². The Hall–Kier alpha value is -4.30. The van der Waals surface area contributed by atoms with Crippen molar-refractivity contribution in [1.82, 2.24) is 0 Å². The van der Waals surface area contributed by atoms with Crippen LogP contribution in [0.2, 0.25) is 0 Å². The van der Waals surface area contributed by atoms with Gasteiger partial charge in [-0.3, -0.25) is 0 Å². The van der Waals surface area contributed by atoms with Crippen molar-refractivity contribution in [3.05, 3.63) is 166 Å². The molecule has 5 rings (SSSR count). The Balaban J connectivity index is 1.18. The molecule has 0 spiro atoms. The fraction of sp³-hybridized carbons (Fsp3) is 0.250. The highest BCUT2D eigenvalue weighted by molar-refractivity contribution is 5.40. The summed E-state index contributed by atoms with van der Waals surface area (Å²) >= 11 is 0. The summed E-state index contributed by atoms with van der Waals surface area (Å²) in [7, 11) is 0. The lowest BCUT2D eigenvalue weighted by molar-refractivity contribution is 0.474. The van der Waals surface area contributed by atoms with Crippen LogP contribution in [0.5, 0.6) is 11.5 Å². The molecule has 0 aliphatic rings. The van der Waals surface area contributed by atoms with E-state index in [1.807, 2.05) is 24.3 Å². The van der Waals surface area contributed by atoms with Crippen LogP contribution < -0.4 is 0 Å². The normalized spacial score (nSPS) is 14.2. The van der Waals surface area contributed by atoms with E-state index in [0.717, 1.165) is 12.8 Å². The summed E-state index contributed by atoms with van der Waals surface area (Å²) in [6.45, 7) is 9.04. The van der Waals surface area contributed by atoms with Crippen LogP contribution in [0.4, 0.5) is 0 Å². The van der Waals surface area contributed by atoms with Gasteiger partial charge >= 0.3 is 0 Å². The molecule has 4 atom stereocenters. The summed E-state index contributed by atoms with van der Waals surface area (Å²) in [5.41, 5.74) is 10.5. The highest BCUT2D eigenvalue weighted by atomic mass is 16.3. The van der Waals surface area contributed by atoms with E-state index in [2.05, 4.69) is 100 Å². The van der Waals surface area contributed by atoms with Crippen molar-refractivity contribution in [2.24, 2.45) is 0 Å². The van der Waals surface area contributed by atoms with Gasteiger partial charge in [-0.15, -0.1) is 0 Å². The van der Waals surface area contributed by atoms with Crippen LogP contribution in [-0.2, 0) is 12.8 Å². The average Bonchev–Trinajstić information content (AvgIpc) is 3.02. The molecule has 42 heavy (non-hydrogen) atoms. The smallest absolute Gasteiger partial charge is 0.115 e. The van der Waals surface area contributed by atoms with Gasteiger partial charge in [-0.05, 0) is 93.5 Å². The highest BCUT2D eigenvalue weighted by Crippen LogP contribution is 2.30. The SMILES string of the molecule is CC(Cc1ccc(C(C)c2ccc(C(C)c3ccc(CC(C)c4ccc(O)cc4)cc3)cc2)cc1)c1ccc(O)cc1. The number of benzene rings is 5. The average molecular weight is 555 g/mol. The minimum Gasteiger partial charge on any atom is -0.508 e. The summed E-state index contributed by atoms with van der Waals surface area (Å²) in [6.07, 6.45) is 1.95. The van der Waals surface area contributed by atoms with E-state index < -0.39 is 0 Å². The van der Waals surface area contributed by atoms with E-state index in [1.54, 1.807) is 24.3 Å². The second-order valence-electron chi connectivity index (χ2n) is 12.0. The van der Waals surface area contributed by atoms with Crippen molar-refractivity contribution in [3.63, 3.8) is 0 Å². The Labute approximate surface area is 251 Å². The molecule has 5 aromatic carbocycles. The molecule has 0 bridgehead atoms. The second kappa shape index (κ2) is 13.1. The maximum absolute atomic E-state index is 9.56. The van der Waals surface area contributed by atoms with E-state index in [9.17, 15) is 10.2 Å². The Kier molecular flexibility index (Phi) is 9.12. The lowest BCUT2D eigenvalue weighted by Gasteiger charge is -2.18. The van der Waals surface area contributed by atoms with Crippen molar-refractivity contribution in [2.45, 2.75) is 64.2 Å². The van der Waals surface area contributed by atoms with Crippen molar-refractivity contribution >= 4 is 0 Å². The van der Waals surface area contributed by atoms with Gasteiger partial charge in [-0.1, -0.05) is 125 Å². The van der Waals surface area contributed by atoms with E-state index in [1.165, 1.54) is 44.5 Å². The maximum Gasteiger partial charge on any atom is 0.115 e. The van der Waals surface area contributed by atoms with Crippen molar-refractivity contribution in [1.29, 1.82) is 0 Å². The zero-order chi connectivity index (χ0) is 29.6. The third kappa shape index (κ3) is 7.12. The molecule has 0 fully saturated rings. The van der Waals surface area contributed by atoms with Crippen molar-refractivity contribution in [2.75, 3.05) is 0 Å². The van der Waals surface area contributed by atoms with Gasteiger partial charge in [0.15, 0.2) is 0 Å². The number of phenolic OH excluding ortho intramolecular Hbond substituents is 2. The number of aromatic hydroxyl groups is 2. The number of hydrogen-bond donors (Lipinski definition) is 2. The van der Waals surface area contributed by atoms with Crippen LogP contribution in [0.25, 0.3) is 0 Å². The molecule has 0 amide bonds. The van der Waals surface area contributed by atoms with E-state index in [4.69, 9.17) is 0 Å². The monoisotopic (exact) mass is 554 g/mol. The van der Waals surface area contributed by atoms with Gasteiger partial charge in [0.25, 0.3) is 0 Å². The van der Waals surface area contributed by atoms with Crippen molar-refractivity contribution in [3.8, 4) is 11.5 Å². The molecule has 4 unspecified atom stereocenters. The predicted molar refractivity (Wildman–Crippen MR) is 175 cm³/mol. The van der Waals surface area contributed by atoms with Crippen LogP contribution in [0.1, 0.15) is 95.9 Å². The number of rotatable bonds is 10. The molecule has 0 saturated carbocycles. The molecule has 0 aromatic heterocycles. The Bertz CT molecular complexity index is 1430. The van der Waals surface area contributed by atoms with Crippen LogP contribution in [-0.4, -0.2) is 10.2 Å². The first-order valence-corrected chi connectivity index (χ1v) is 15.1. The molecule has 0 aliphatic carbocycles. The molecular weight excluding hydrogens is 512 g/mol. The van der Waals surface area contributed by atoms with Crippen LogP contribution in [0.15, 0.2) is 121 Å². The summed E-state index contributed by atoms with van der Waals surface area (Å²) in [5.74, 6) is 2.08. The Morgan fingerprint density at radius 2 is 0.595 bits per heavy atom. The van der Waals surface area contributed by atoms with Gasteiger partial charge in [0, 0.05) is 11.8 Å². The molecule has 2 nitrogen and oxygen atoms in total. The van der Waals surface area contributed by atoms with Crippen LogP contribution in [0.3, 0.4) is 0 Å². The largest absolute Gasteiger partial charge is 0.508 e. The van der Waals surface area contributed by atoms with Gasteiger partial charge in [0.05, 0.1) is 0 Å². The lowest BCUT2D eigenvalue weighted by atomic mass is 9.87. The third-order valence-electron chi connectivity index (χ3n) is 8.90. The van der Waals surface area contributed by atoms with Crippen molar-refractivity contribution < 1.29 is 10.2 Å². The first-order chi connectivity index (χ1) is 20.3. The van der Waals surface area contributed by atoms with Gasteiger partial charge in [-0.25, -0.2) is 0 Å². The molecule has 0 saturated heterocycles. The number of phenols is 2. The first-order valence-electron chi connectivity index (χ1n) is 15.1. The Morgan fingerprint density at radius 3 is 0.881 bits per heavy atom. The summed E-state index contributed by atoms with van der Waals surface area (Å²) in [4.78, 5) is 0. The maximum atomic E-state index is 9.56. The lowest BCUT2D eigenvalue weighted by Crippen LogP contribution is -2.01. The van der Waals surface area contributed by atoms with E-state index >= 15 is 0 Å². The van der Waals surface area contributed by atoms with Gasteiger partial charge < -0.3 is 10.2 Å². The molecule has 0 heterocycles. The summed E-state index contributed by atoms with van der Waals surface area (Å²) in [5, 5.41) is 19.1. The number of hydrogen-bond acceptors (Lipinski definition) is 2. The first kappa shape index (κ1) is 29.2. The molecule has 5 aromatic rings.